The van der Waals surface area contributed by atoms with Crippen molar-refractivity contribution >= 4 is 11.8 Å². The van der Waals surface area contributed by atoms with Gasteiger partial charge in [0.1, 0.15) is 0 Å². The van der Waals surface area contributed by atoms with Gasteiger partial charge in [0.05, 0.1) is 0 Å². The summed E-state index contributed by atoms with van der Waals surface area (Å²) in [5.74, 6) is -0.0573. The summed E-state index contributed by atoms with van der Waals surface area (Å²) in [5, 5.41) is 25.3. The number of benzene rings is 2. The van der Waals surface area contributed by atoms with Gasteiger partial charge in [-0.2, -0.15) is 0 Å². The van der Waals surface area contributed by atoms with Gasteiger partial charge in [-0.05, 0) is 71.1 Å². The molecule has 0 aliphatic carbocycles. The average Bonchev–Trinajstić information content (AvgIpc) is 2.67. The van der Waals surface area contributed by atoms with E-state index in [1.807, 2.05) is 31.2 Å². The Morgan fingerprint density at radius 3 is 1.24 bits per heavy atom. The average molecular weight is 573 g/mol. The van der Waals surface area contributed by atoms with Gasteiger partial charge in [-0.1, -0.05) is 124 Å². The van der Waals surface area contributed by atoms with Crippen LogP contribution in [-0.2, 0) is 27.3 Å². The quantitative estimate of drug-likeness (QED) is 0.340. The Hall–Kier alpha value is -1.16. The third-order valence-electron chi connectivity index (χ3n) is 6.26. The van der Waals surface area contributed by atoms with E-state index in [9.17, 15) is 10.2 Å². The minimum Gasteiger partial charge on any atom is -0.872 e. The zero-order valence-corrected chi connectivity index (χ0v) is 27.1. The second-order valence-electron chi connectivity index (χ2n) is 14.1. The van der Waals surface area contributed by atoms with Gasteiger partial charge in [-0.25, -0.2) is 0 Å². The molecule has 2 aromatic rings. The number of hydrogen-bond donors (Lipinski definition) is 1. The first-order valence-electron chi connectivity index (χ1n) is 13.2. The van der Waals surface area contributed by atoms with Gasteiger partial charge in [-0.3, -0.25) is 0 Å². The number of nitrogens with two attached hydrogens (primary N) is 1. The fourth-order valence-electron chi connectivity index (χ4n) is 4.99. The molecule has 3 nitrogen and oxygen atoms in total. The molecule has 0 saturated carbocycles. The Labute approximate surface area is 242 Å². The molecule has 2 rings (SSSR count). The van der Waals surface area contributed by atoms with E-state index < -0.39 is 0 Å². The molecule has 0 aliphatic heterocycles. The zero-order chi connectivity index (χ0) is 28.1. The minimum absolute atomic E-state index is 0. The van der Waals surface area contributed by atoms with E-state index in [4.69, 9.17) is 5.73 Å². The summed E-state index contributed by atoms with van der Waals surface area (Å²) in [7, 11) is 0. The fourth-order valence-corrected chi connectivity index (χ4v) is 5.94. The summed E-state index contributed by atoms with van der Waals surface area (Å²) in [5.41, 5.74) is 7.82. The molecule has 0 bridgehead atoms. The summed E-state index contributed by atoms with van der Waals surface area (Å²) in [4.78, 5) is 1.25. The summed E-state index contributed by atoms with van der Waals surface area (Å²) >= 11 is 1.31. The molecule has 1 unspecified atom stereocenters. The predicted octanol–water partition coefficient (Wildman–Crippen LogP) is 8.15. The summed E-state index contributed by atoms with van der Waals surface area (Å²) in [6, 6.07) is 11.6. The second kappa shape index (κ2) is 13.8. The minimum atomic E-state index is -0.0574. The van der Waals surface area contributed by atoms with Gasteiger partial charge in [0, 0.05) is 15.8 Å². The number of rotatable bonds is 7. The zero-order valence-electron chi connectivity index (χ0n) is 25.3. The van der Waals surface area contributed by atoms with Gasteiger partial charge in [0.2, 0.25) is 0 Å². The van der Waals surface area contributed by atoms with Crippen molar-refractivity contribution in [3.63, 3.8) is 0 Å². The molecule has 0 radical (unpaired) electrons. The van der Waals surface area contributed by atoms with Crippen LogP contribution < -0.4 is 15.9 Å². The van der Waals surface area contributed by atoms with Gasteiger partial charge in [0.15, 0.2) is 0 Å². The molecular weight excluding hydrogens is 521 g/mol. The maximum atomic E-state index is 12.6. The van der Waals surface area contributed by atoms with E-state index in [1.165, 1.54) is 11.8 Å². The Balaban J connectivity index is 0.00000196. The van der Waals surface area contributed by atoms with Crippen LogP contribution in [-0.4, -0.2) is 6.04 Å². The van der Waals surface area contributed by atoms with Crippen molar-refractivity contribution in [2.24, 2.45) is 16.6 Å². The fraction of sp³-hybridized carbons (Fsp3) is 0.625. The van der Waals surface area contributed by atoms with Crippen LogP contribution in [0.25, 0.3) is 0 Å². The van der Waals surface area contributed by atoms with Crippen molar-refractivity contribution < 1.29 is 26.7 Å². The van der Waals surface area contributed by atoms with Crippen molar-refractivity contribution in [3.05, 3.63) is 47.5 Å². The molecule has 0 aliphatic rings. The SMILES string of the molecule is CC(C)(C)CC(C)(C)c1ccc([O-])c(Sc2cc(C(C)(C)CC(C)(C)C)ccc2[O-])c1.CCC(C)N.[Ni+2]. The van der Waals surface area contributed by atoms with Crippen LogP contribution in [0.4, 0.5) is 0 Å². The van der Waals surface area contributed by atoms with Gasteiger partial charge < -0.3 is 15.9 Å². The Bertz CT molecular complexity index is 910. The normalized spacial score (nSPS) is 13.3. The molecule has 2 aromatic carbocycles. The summed E-state index contributed by atoms with van der Waals surface area (Å²) in [6.45, 7) is 26.4. The van der Waals surface area contributed by atoms with Crippen LogP contribution in [0.5, 0.6) is 11.5 Å². The van der Waals surface area contributed by atoms with Crippen LogP contribution in [0.1, 0.15) is 113 Å². The van der Waals surface area contributed by atoms with E-state index in [0.717, 1.165) is 30.4 Å². The maximum Gasteiger partial charge on any atom is 2.00 e. The van der Waals surface area contributed by atoms with Crippen molar-refractivity contribution in [1.29, 1.82) is 0 Å². The third kappa shape index (κ3) is 12.5. The molecule has 0 fully saturated rings. The first-order valence-corrected chi connectivity index (χ1v) is 14.0. The van der Waals surface area contributed by atoms with Gasteiger partial charge >= 0.3 is 16.5 Å². The molecule has 0 heterocycles. The first-order chi connectivity index (χ1) is 16.2. The Morgan fingerprint density at radius 2 is 1.00 bits per heavy atom. The molecule has 2 N–H and O–H groups in total. The summed E-state index contributed by atoms with van der Waals surface area (Å²) in [6.07, 6.45) is 3.09. The number of hydrogen-bond acceptors (Lipinski definition) is 4. The summed E-state index contributed by atoms with van der Waals surface area (Å²) < 4.78 is 0. The molecule has 0 aromatic heterocycles. The van der Waals surface area contributed by atoms with Gasteiger partial charge in [0.25, 0.3) is 0 Å². The molecule has 37 heavy (non-hydrogen) atoms. The predicted molar refractivity (Wildman–Crippen MR) is 154 cm³/mol. The maximum absolute atomic E-state index is 12.6. The topological polar surface area (TPSA) is 72.1 Å². The Morgan fingerprint density at radius 1 is 0.703 bits per heavy atom. The van der Waals surface area contributed by atoms with Crippen LogP contribution in [0.3, 0.4) is 0 Å². The molecular formula is C32H51NNiO2S. The van der Waals surface area contributed by atoms with E-state index >= 15 is 0 Å². The van der Waals surface area contributed by atoms with Crippen molar-refractivity contribution in [2.75, 3.05) is 0 Å². The van der Waals surface area contributed by atoms with Crippen LogP contribution >= 0.6 is 11.8 Å². The largest absolute Gasteiger partial charge is 2.00 e. The standard InChI is InChI=1S/C28H42O2S.C4H11N.Ni/c1-25(2,3)17-27(7,8)19-11-13-21(29)23(15-19)31-24-16-20(12-14-22(24)30)28(9,10)18-26(4,5)6;1-3-4(2)5;/h11-16,29-30H,17-18H2,1-10H3;4H,3,5H2,1-2H3;/q;;+2/p-2. The monoisotopic (exact) mass is 571 g/mol. The third-order valence-corrected chi connectivity index (χ3v) is 7.34. The smallest absolute Gasteiger partial charge is 0.872 e. The van der Waals surface area contributed by atoms with E-state index in [1.54, 1.807) is 12.1 Å². The van der Waals surface area contributed by atoms with Gasteiger partial charge in [-0.15, -0.1) is 0 Å². The van der Waals surface area contributed by atoms with E-state index in [0.29, 0.717) is 15.8 Å². The van der Waals surface area contributed by atoms with Crippen molar-refractivity contribution in [3.8, 4) is 11.5 Å². The molecule has 5 heteroatoms. The molecule has 0 saturated heterocycles. The van der Waals surface area contributed by atoms with Crippen molar-refractivity contribution in [2.45, 2.75) is 129 Å². The molecule has 0 amide bonds. The second-order valence-corrected chi connectivity index (χ2v) is 15.1. The van der Waals surface area contributed by atoms with E-state index in [2.05, 4.69) is 76.2 Å². The van der Waals surface area contributed by atoms with E-state index in [-0.39, 0.29) is 49.7 Å². The van der Waals surface area contributed by atoms with Crippen LogP contribution in [0.15, 0.2) is 46.2 Å². The van der Waals surface area contributed by atoms with Crippen LogP contribution in [0.2, 0.25) is 0 Å². The molecule has 212 valence electrons. The molecule has 0 spiro atoms. The van der Waals surface area contributed by atoms with Crippen LogP contribution in [0, 0.1) is 10.8 Å². The Kier molecular flexibility index (Phi) is 13.3. The molecule has 1 atom stereocenters. The first kappa shape index (κ1) is 35.8. The van der Waals surface area contributed by atoms with Crippen molar-refractivity contribution in [1.82, 2.24) is 0 Å².